The molecule has 1 amide bonds. The maximum atomic E-state index is 11.9. The highest BCUT2D eigenvalue weighted by Crippen LogP contribution is 2.24. The molecule has 1 aromatic carbocycles. The van der Waals surface area contributed by atoms with Gasteiger partial charge in [-0.05, 0) is 49.6 Å². The van der Waals surface area contributed by atoms with Crippen molar-refractivity contribution in [3.63, 3.8) is 0 Å². The molecule has 0 saturated heterocycles. The molecule has 0 bridgehead atoms. The van der Waals surface area contributed by atoms with E-state index >= 15 is 0 Å². The molecule has 0 fully saturated rings. The Morgan fingerprint density at radius 1 is 1.32 bits per heavy atom. The largest absolute Gasteiger partial charge is 0.496 e. The summed E-state index contributed by atoms with van der Waals surface area (Å²) >= 11 is 0. The zero-order valence-electron chi connectivity index (χ0n) is 12.3. The van der Waals surface area contributed by atoms with Crippen LogP contribution in [0.3, 0.4) is 0 Å². The summed E-state index contributed by atoms with van der Waals surface area (Å²) in [7, 11) is 3.50. The first kappa shape index (κ1) is 15.5. The van der Waals surface area contributed by atoms with Gasteiger partial charge in [0.1, 0.15) is 5.75 Å². The van der Waals surface area contributed by atoms with Gasteiger partial charge in [-0.2, -0.15) is 0 Å². The van der Waals surface area contributed by atoms with Crippen LogP contribution in [0.2, 0.25) is 0 Å². The van der Waals surface area contributed by atoms with E-state index in [-0.39, 0.29) is 5.91 Å². The highest BCUT2D eigenvalue weighted by atomic mass is 16.5. The average Bonchev–Trinajstić information content (AvgIpc) is 2.41. The lowest BCUT2D eigenvalue weighted by atomic mass is 10.0. The Bertz CT molecular complexity index is 444. The summed E-state index contributed by atoms with van der Waals surface area (Å²) in [5.41, 5.74) is 8.88. The highest BCUT2D eigenvalue weighted by Gasteiger charge is 2.12. The first-order chi connectivity index (χ1) is 9.01. The predicted octanol–water partition coefficient (Wildman–Crippen LogP) is 2.01. The number of hydrogen-bond donors (Lipinski definition) is 1. The fraction of sp³-hybridized carbons (Fsp3) is 0.533. The molecule has 0 aromatic heterocycles. The Balaban J connectivity index is 2.77. The van der Waals surface area contributed by atoms with Gasteiger partial charge < -0.3 is 15.4 Å². The molecule has 0 aliphatic rings. The monoisotopic (exact) mass is 264 g/mol. The molecule has 1 aromatic rings. The minimum atomic E-state index is 0.137. The molecule has 0 radical (unpaired) electrons. The van der Waals surface area contributed by atoms with Gasteiger partial charge in [0.25, 0.3) is 0 Å². The number of carbonyl (C=O) groups excluding carboxylic acids is 1. The third kappa shape index (κ3) is 3.96. The van der Waals surface area contributed by atoms with E-state index in [1.54, 1.807) is 12.0 Å². The van der Waals surface area contributed by atoms with Crippen LogP contribution in [-0.2, 0) is 11.3 Å². The molecule has 4 heteroatoms. The van der Waals surface area contributed by atoms with E-state index in [0.717, 1.165) is 23.3 Å². The second-order valence-corrected chi connectivity index (χ2v) is 4.82. The molecule has 0 atom stereocenters. The summed E-state index contributed by atoms with van der Waals surface area (Å²) in [6.45, 7) is 5.28. The van der Waals surface area contributed by atoms with E-state index in [9.17, 15) is 4.79 Å². The zero-order chi connectivity index (χ0) is 14.4. The first-order valence-corrected chi connectivity index (χ1v) is 6.58. The standard InChI is InChI=1S/C15H24N2O2/c1-11-12(2)14(19-4)8-7-13(11)10-17(3)15(18)6-5-9-16/h7-8H,5-6,9-10,16H2,1-4H3. The molecule has 1 rings (SSSR count). The van der Waals surface area contributed by atoms with Crippen LogP contribution in [0.15, 0.2) is 12.1 Å². The minimum Gasteiger partial charge on any atom is -0.496 e. The Hall–Kier alpha value is -1.55. The van der Waals surface area contributed by atoms with E-state index in [1.165, 1.54) is 5.56 Å². The molecule has 0 aliphatic heterocycles. The number of hydrogen-bond acceptors (Lipinski definition) is 3. The van der Waals surface area contributed by atoms with Crippen LogP contribution in [-0.4, -0.2) is 31.5 Å². The molecule has 0 aliphatic carbocycles. The quantitative estimate of drug-likeness (QED) is 0.855. The van der Waals surface area contributed by atoms with Crippen LogP contribution in [0.25, 0.3) is 0 Å². The van der Waals surface area contributed by atoms with Gasteiger partial charge in [-0.3, -0.25) is 4.79 Å². The van der Waals surface area contributed by atoms with E-state index in [1.807, 2.05) is 26.1 Å². The van der Waals surface area contributed by atoms with Gasteiger partial charge in [0.2, 0.25) is 5.91 Å². The number of nitrogens with two attached hydrogens (primary N) is 1. The molecule has 4 nitrogen and oxygen atoms in total. The van der Waals surface area contributed by atoms with Crippen LogP contribution in [0, 0.1) is 13.8 Å². The van der Waals surface area contributed by atoms with Crippen molar-refractivity contribution in [2.75, 3.05) is 20.7 Å². The maximum Gasteiger partial charge on any atom is 0.222 e. The van der Waals surface area contributed by atoms with Crippen molar-refractivity contribution in [3.8, 4) is 5.75 Å². The van der Waals surface area contributed by atoms with Crippen LogP contribution in [0.5, 0.6) is 5.75 Å². The number of rotatable bonds is 6. The van der Waals surface area contributed by atoms with E-state index in [0.29, 0.717) is 19.5 Å². The topological polar surface area (TPSA) is 55.6 Å². The van der Waals surface area contributed by atoms with Gasteiger partial charge in [0, 0.05) is 20.0 Å². The summed E-state index contributed by atoms with van der Waals surface area (Å²) in [4.78, 5) is 13.6. The second kappa shape index (κ2) is 7.14. The Morgan fingerprint density at radius 2 is 2.00 bits per heavy atom. The van der Waals surface area contributed by atoms with Gasteiger partial charge >= 0.3 is 0 Å². The summed E-state index contributed by atoms with van der Waals surface area (Å²) in [5.74, 6) is 1.02. The first-order valence-electron chi connectivity index (χ1n) is 6.58. The number of carbonyl (C=O) groups is 1. The fourth-order valence-corrected chi connectivity index (χ4v) is 2.03. The summed E-state index contributed by atoms with van der Waals surface area (Å²) in [6.07, 6.45) is 1.25. The molecular formula is C15H24N2O2. The smallest absolute Gasteiger partial charge is 0.222 e. The van der Waals surface area contributed by atoms with Crippen LogP contribution in [0.4, 0.5) is 0 Å². The lowest BCUT2D eigenvalue weighted by molar-refractivity contribution is -0.130. The lowest BCUT2D eigenvalue weighted by Crippen LogP contribution is -2.26. The van der Waals surface area contributed by atoms with Crippen LogP contribution in [0.1, 0.15) is 29.5 Å². The van der Waals surface area contributed by atoms with Gasteiger partial charge in [-0.1, -0.05) is 6.07 Å². The van der Waals surface area contributed by atoms with E-state index in [4.69, 9.17) is 10.5 Å². The van der Waals surface area contributed by atoms with Crippen molar-refractivity contribution in [2.45, 2.75) is 33.2 Å². The number of amides is 1. The predicted molar refractivity (Wildman–Crippen MR) is 77.2 cm³/mol. The fourth-order valence-electron chi connectivity index (χ4n) is 2.03. The minimum absolute atomic E-state index is 0.137. The third-order valence-corrected chi connectivity index (χ3v) is 3.50. The van der Waals surface area contributed by atoms with Gasteiger partial charge in [-0.15, -0.1) is 0 Å². The number of ether oxygens (including phenoxy) is 1. The Labute approximate surface area is 115 Å². The average molecular weight is 264 g/mol. The number of benzene rings is 1. The van der Waals surface area contributed by atoms with Gasteiger partial charge in [0.15, 0.2) is 0 Å². The molecular weight excluding hydrogens is 240 g/mol. The third-order valence-electron chi connectivity index (χ3n) is 3.50. The van der Waals surface area contributed by atoms with E-state index in [2.05, 4.69) is 6.92 Å². The van der Waals surface area contributed by atoms with Crippen molar-refractivity contribution < 1.29 is 9.53 Å². The zero-order valence-corrected chi connectivity index (χ0v) is 12.3. The maximum absolute atomic E-state index is 11.9. The molecule has 106 valence electrons. The number of methoxy groups -OCH3 is 1. The summed E-state index contributed by atoms with van der Waals surface area (Å²) in [6, 6.07) is 3.98. The van der Waals surface area contributed by atoms with Crippen molar-refractivity contribution in [1.82, 2.24) is 4.90 Å². The molecule has 0 saturated carbocycles. The second-order valence-electron chi connectivity index (χ2n) is 4.82. The van der Waals surface area contributed by atoms with Crippen molar-refractivity contribution >= 4 is 5.91 Å². The Morgan fingerprint density at radius 3 is 2.58 bits per heavy atom. The lowest BCUT2D eigenvalue weighted by Gasteiger charge is -2.20. The molecule has 0 unspecified atom stereocenters. The van der Waals surface area contributed by atoms with Crippen LogP contribution < -0.4 is 10.5 Å². The molecule has 0 spiro atoms. The Kier molecular flexibility index (Phi) is 5.83. The van der Waals surface area contributed by atoms with E-state index < -0.39 is 0 Å². The summed E-state index contributed by atoms with van der Waals surface area (Å²) < 4.78 is 5.29. The molecule has 0 heterocycles. The highest BCUT2D eigenvalue weighted by molar-refractivity contribution is 5.75. The molecule has 19 heavy (non-hydrogen) atoms. The van der Waals surface area contributed by atoms with Gasteiger partial charge in [0.05, 0.1) is 7.11 Å². The number of nitrogens with zero attached hydrogens (tertiary/aromatic N) is 1. The van der Waals surface area contributed by atoms with Crippen LogP contribution >= 0.6 is 0 Å². The SMILES string of the molecule is COc1ccc(CN(C)C(=O)CCCN)c(C)c1C. The van der Waals surface area contributed by atoms with Crippen molar-refractivity contribution in [3.05, 3.63) is 28.8 Å². The normalized spacial score (nSPS) is 10.4. The van der Waals surface area contributed by atoms with Gasteiger partial charge in [-0.25, -0.2) is 0 Å². The van der Waals surface area contributed by atoms with Crippen molar-refractivity contribution in [1.29, 1.82) is 0 Å². The van der Waals surface area contributed by atoms with Crippen molar-refractivity contribution in [2.24, 2.45) is 5.73 Å². The molecule has 2 N–H and O–H groups in total. The summed E-state index contributed by atoms with van der Waals surface area (Å²) in [5, 5.41) is 0.